The van der Waals surface area contributed by atoms with Crippen molar-refractivity contribution >= 4 is 0 Å². The lowest BCUT2D eigenvalue weighted by Gasteiger charge is -2.44. The Kier molecular flexibility index (Phi) is 4.14. The molecule has 0 aromatic carbocycles. The molecule has 0 amide bonds. The Hall–Kier alpha value is -0.0800. The fourth-order valence-electron chi connectivity index (χ4n) is 3.40. The first kappa shape index (κ1) is 13.4. The Morgan fingerprint density at radius 2 is 1.76 bits per heavy atom. The number of rotatable bonds is 3. The molecule has 0 aliphatic carbocycles. The minimum atomic E-state index is 0.526. The van der Waals surface area contributed by atoms with Gasteiger partial charge in [-0.15, -0.1) is 0 Å². The zero-order valence-corrected chi connectivity index (χ0v) is 12.0. The van der Waals surface area contributed by atoms with E-state index >= 15 is 0 Å². The van der Waals surface area contributed by atoms with E-state index in [1.165, 1.54) is 64.8 Å². The van der Waals surface area contributed by atoms with Crippen molar-refractivity contribution < 1.29 is 0 Å². The fraction of sp³-hybridized carbons (Fsp3) is 1.00. The molecule has 1 unspecified atom stereocenters. The van der Waals surface area contributed by atoms with Crippen LogP contribution in [0.15, 0.2) is 0 Å². The Balaban J connectivity index is 1.81. The highest BCUT2D eigenvalue weighted by Gasteiger charge is 2.33. The summed E-state index contributed by atoms with van der Waals surface area (Å²) >= 11 is 0. The van der Waals surface area contributed by atoms with Crippen molar-refractivity contribution in [1.82, 2.24) is 10.2 Å². The van der Waals surface area contributed by atoms with Crippen LogP contribution in [0.5, 0.6) is 0 Å². The molecule has 0 spiro atoms. The summed E-state index contributed by atoms with van der Waals surface area (Å²) in [5, 5.41) is 3.57. The predicted octanol–water partition coefficient (Wildman–Crippen LogP) is 2.89. The SMILES string of the molecule is CCC1(C)CCN(CC2(C)CCCNC2)CC1. The third-order valence-electron chi connectivity index (χ3n) is 5.21. The normalized spacial score (nSPS) is 34.8. The van der Waals surface area contributed by atoms with Gasteiger partial charge in [0.2, 0.25) is 0 Å². The van der Waals surface area contributed by atoms with E-state index in [1.807, 2.05) is 0 Å². The van der Waals surface area contributed by atoms with Crippen LogP contribution >= 0.6 is 0 Å². The second-order valence-electron chi connectivity index (χ2n) is 7.03. The summed E-state index contributed by atoms with van der Waals surface area (Å²) in [5.74, 6) is 0. The van der Waals surface area contributed by atoms with Crippen molar-refractivity contribution in [1.29, 1.82) is 0 Å². The van der Waals surface area contributed by atoms with Gasteiger partial charge in [0.05, 0.1) is 0 Å². The molecule has 2 saturated heterocycles. The summed E-state index contributed by atoms with van der Waals surface area (Å²) in [5.41, 5.74) is 1.15. The molecule has 0 aromatic heterocycles. The Morgan fingerprint density at radius 1 is 1.06 bits per heavy atom. The molecule has 2 fully saturated rings. The van der Waals surface area contributed by atoms with Crippen LogP contribution < -0.4 is 5.32 Å². The maximum atomic E-state index is 3.57. The first-order valence-electron chi connectivity index (χ1n) is 7.48. The number of piperidine rings is 2. The summed E-state index contributed by atoms with van der Waals surface area (Å²) in [7, 11) is 0. The summed E-state index contributed by atoms with van der Waals surface area (Å²) in [6, 6.07) is 0. The van der Waals surface area contributed by atoms with Crippen LogP contribution in [-0.2, 0) is 0 Å². The molecule has 2 aliphatic heterocycles. The second-order valence-corrected chi connectivity index (χ2v) is 7.03. The average Bonchev–Trinajstić information content (AvgIpc) is 2.33. The largest absolute Gasteiger partial charge is 0.316 e. The molecule has 0 bridgehead atoms. The molecule has 100 valence electrons. The van der Waals surface area contributed by atoms with E-state index in [9.17, 15) is 0 Å². The molecule has 0 aromatic rings. The molecule has 17 heavy (non-hydrogen) atoms. The van der Waals surface area contributed by atoms with Gasteiger partial charge in [0.25, 0.3) is 0 Å². The van der Waals surface area contributed by atoms with Crippen LogP contribution in [0.4, 0.5) is 0 Å². The summed E-state index contributed by atoms with van der Waals surface area (Å²) in [6.07, 6.45) is 6.90. The minimum Gasteiger partial charge on any atom is -0.316 e. The smallest absolute Gasteiger partial charge is 0.00475 e. The van der Waals surface area contributed by atoms with E-state index in [1.54, 1.807) is 0 Å². The molecule has 0 saturated carbocycles. The van der Waals surface area contributed by atoms with E-state index < -0.39 is 0 Å². The molecule has 2 aliphatic rings. The van der Waals surface area contributed by atoms with Gasteiger partial charge in [0, 0.05) is 13.1 Å². The predicted molar refractivity (Wildman–Crippen MR) is 74.3 cm³/mol. The van der Waals surface area contributed by atoms with Crippen LogP contribution in [-0.4, -0.2) is 37.6 Å². The number of nitrogens with one attached hydrogen (secondary N) is 1. The van der Waals surface area contributed by atoms with Crippen molar-refractivity contribution in [2.75, 3.05) is 32.7 Å². The number of hydrogen-bond donors (Lipinski definition) is 1. The highest BCUT2D eigenvalue weighted by Crippen LogP contribution is 2.35. The molecular weight excluding hydrogens is 208 g/mol. The van der Waals surface area contributed by atoms with Crippen LogP contribution in [0.1, 0.15) is 52.9 Å². The molecule has 2 nitrogen and oxygen atoms in total. The van der Waals surface area contributed by atoms with Gasteiger partial charge in [0.15, 0.2) is 0 Å². The van der Waals surface area contributed by atoms with Gasteiger partial charge in [-0.2, -0.15) is 0 Å². The van der Waals surface area contributed by atoms with E-state index in [4.69, 9.17) is 0 Å². The van der Waals surface area contributed by atoms with E-state index in [0.717, 1.165) is 0 Å². The van der Waals surface area contributed by atoms with Gasteiger partial charge in [-0.3, -0.25) is 0 Å². The van der Waals surface area contributed by atoms with Gasteiger partial charge < -0.3 is 10.2 Å². The van der Waals surface area contributed by atoms with E-state index in [2.05, 4.69) is 31.0 Å². The lowest BCUT2D eigenvalue weighted by atomic mass is 9.76. The van der Waals surface area contributed by atoms with Crippen LogP contribution in [0.3, 0.4) is 0 Å². The Morgan fingerprint density at radius 3 is 2.29 bits per heavy atom. The van der Waals surface area contributed by atoms with Gasteiger partial charge in [-0.05, 0) is 56.1 Å². The lowest BCUT2D eigenvalue weighted by Crippen LogP contribution is -2.48. The summed E-state index contributed by atoms with van der Waals surface area (Å²) in [4.78, 5) is 2.71. The van der Waals surface area contributed by atoms with E-state index in [-0.39, 0.29) is 0 Å². The van der Waals surface area contributed by atoms with Gasteiger partial charge in [-0.25, -0.2) is 0 Å². The Bertz CT molecular complexity index is 235. The number of nitrogens with zero attached hydrogens (tertiary/aromatic N) is 1. The zero-order valence-electron chi connectivity index (χ0n) is 12.0. The molecule has 2 heterocycles. The van der Waals surface area contributed by atoms with Gasteiger partial charge >= 0.3 is 0 Å². The van der Waals surface area contributed by atoms with Gasteiger partial charge in [-0.1, -0.05) is 27.2 Å². The first-order valence-corrected chi connectivity index (χ1v) is 7.48. The molecule has 1 N–H and O–H groups in total. The third kappa shape index (κ3) is 3.45. The standard InChI is InChI=1S/C15H30N2/c1-4-14(2)7-10-17(11-8-14)13-15(3)6-5-9-16-12-15/h16H,4-13H2,1-3H3. The molecule has 1 atom stereocenters. The van der Waals surface area contributed by atoms with Gasteiger partial charge in [0.1, 0.15) is 0 Å². The molecular formula is C15H30N2. The maximum absolute atomic E-state index is 3.57. The van der Waals surface area contributed by atoms with Crippen molar-refractivity contribution in [2.45, 2.75) is 52.9 Å². The Labute approximate surface area is 107 Å². The topological polar surface area (TPSA) is 15.3 Å². The monoisotopic (exact) mass is 238 g/mol. The van der Waals surface area contributed by atoms with Crippen molar-refractivity contribution in [3.05, 3.63) is 0 Å². The van der Waals surface area contributed by atoms with Crippen LogP contribution in [0.25, 0.3) is 0 Å². The van der Waals surface area contributed by atoms with E-state index in [0.29, 0.717) is 10.8 Å². The van der Waals surface area contributed by atoms with Crippen molar-refractivity contribution in [3.8, 4) is 0 Å². The number of likely N-dealkylation sites (tertiary alicyclic amines) is 1. The third-order valence-corrected chi connectivity index (χ3v) is 5.21. The highest BCUT2D eigenvalue weighted by atomic mass is 15.1. The molecule has 0 radical (unpaired) electrons. The zero-order chi connectivity index (χ0) is 12.4. The summed E-state index contributed by atoms with van der Waals surface area (Å²) < 4.78 is 0. The molecule has 2 rings (SSSR count). The highest BCUT2D eigenvalue weighted by molar-refractivity contribution is 4.88. The van der Waals surface area contributed by atoms with Crippen molar-refractivity contribution in [3.63, 3.8) is 0 Å². The van der Waals surface area contributed by atoms with Crippen molar-refractivity contribution in [2.24, 2.45) is 10.8 Å². The quantitative estimate of drug-likeness (QED) is 0.813. The minimum absolute atomic E-state index is 0.526. The number of hydrogen-bond acceptors (Lipinski definition) is 2. The first-order chi connectivity index (χ1) is 8.05. The summed E-state index contributed by atoms with van der Waals surface area (Å²) in [6.45, 7) is 13.7. The lowest BCUT2D eigenvalue weighted by molar-refractivity contribution is 0.0671. The maximum Gasteiger partial charge on any atom is 0.00475 e. The fourth-order valence-corrected chi connectivity index (χ4v) is 3.40. The van der Waals surface area contributed by atoms with Crippen LogP contribution in [0.2, 0.25) is 0 Å². The van der Waals surface area contributed by atoms with Crippen LogP contribution in [0, 0.1) is 10.8 Å². The second kappa shape index (κ2) is 5.27. The molecule has 2 heteroatoms. The average molecular weight is 238 g/mol.